The number of H-pyrrole nitrogens is 1. The third kappa shape index (κ3) is 17.4. The Labute approximate surface area is 461 Å². The van der Waals surface area contributed by atoms with E-state index in [4.69, 9.17) is 10.2 Å². The molecule has 28 nitrogen and oxygen atoms in total. The fourth-order valence-electron chi connectivity index (χ4n) is 8.32. The lowest BCUT2D eigenvalue weighted by Crippen LogP contribution is -2.60. The van der Waals surface area contributed by atoms with Gasteiger partial charge in [0, 0.05) is 72.4 Å². The van der Waals surface area contributed by atoms with Crippen LogP contribution in [0.3, 0.4) is 0 Å². The third-order valence-electron chi connectivity index (χ3n) is 12.6. The minimum atomic E-state index is -1.60. The van der Waals surface area contributed by atoms with E-state index in [1.807, 2.05) is 0 Å². The first kappa shape index (κ1) is 62.1. The van der Waals surface area contributed by atoms with E-state index in [9.17, 15) is 78.0 Å². The van der Waals surface area contributed by atoms with Crippen molar-refractivity contribution < 1.29 is 77.6 Å². The fraction of sp³-hybridized carbons (Fsp3) is 0.377. The number of aromatic nitrogens is 2. The number of carboxylic acid groups (broad SMARTS) is 2. The Morgan fingerprint density at radius 3 is 1.88 bits per heavy atom. The van der Waals surface area contributed by atoms with Crippen LogP contribution in [0.2, 0.25) is 0 Å². The molecule has 2 aromatic carbocycles. The molecule has 1 aliphatic carbocycles. The summed E-state index contributed by atoms with van der Waals surface area (Å²) in [5, 5.41) is 59.6. The predicted molar refractivity (Wildman–Crippen MR) is 286 cm³/mol. The first-order chi connectivity index (χ1) is 38.2. The summed E-state index contributed by atoms with van der Waals surface area (Å²) < 4.78 is 5.88. The number of unbranched alkanes of at least 4 members (excludes halogenated alkanes) is 1. The Kier molecular flexibility index (Phi) is 21.7. The second-order valence-electron chi connectivity index (χ2n) is 19.0. The first-order valence-electron chi connectivity index (χ1n) is 25.4. The molecule has 5 rings (SSSR count). The van der Waals surface area contributed by atoms with Crippen molar-refractivity contribution in [3.8, 4) is 28.2 Å². The zero-order valence-electron chi connectivity index (χ0n) is 44.5. The molecule has 8 atom stereocenters. The van der Waals surface area contributed by atoms with E-state index in [-0.39, 0.29) is 65.0 Å². The zero-order valence-corrected chi connectivity index (χ0v) is 44.5. The van der Waals surface area contributed by atoms with Gasteiger partial charge in [0.15, 0.2) is 5.43 Å². The van der Waals surface area contributed by atoms with Crippen molar-refractivity contribution in [2.45, 2.75) is 122 Å². The molecular formula is C53H63N11O17. The number of fused-ring (bicyclic) bond motifs is 2. The number of carboxylic acids is 2. The van der Waals surface area contributed by atoms with Crippen LogP contribution in [0.5, 0.6) is 5.75 Å². The molecule has 9 amide bonds. The van der Waals surface area contributed by atoms with Crippen molar-refractivity contribution >= 4 is 76.1 Å². The molecule has 3 aromatic rings. The summed E-state index contributed by atoms with van der Waals surface area (Å²) in [5.74, 6) is -10.4. The number of aromatic amines is 1. The van der Waals surface area contributed by atoms with E-state index in [0.717, 1.165) is 0 Å². The summed E-state index contributed by atoms with van der Waals surface area (Å²) in [7, 11) is 0. The normalized spacial score (nSPS) is 14.0. The number of rotatable bonds is 28. The molecular weight excluding hydrogens is 1060 g/mol. The van der Waals surface area contributed by atoms with Gasteiger partial charge in [-0.25, -0.2) is 9.78 Å². The third-order valence-corrected chi connectivity index (χ3v) is 12.6. The number of aliphatic hydroxyl groups is 1. The van der Waals surface area contributed by atoms with Crippen molar-refractivity contribution in [1.29, 1.82) is 0 Å². The molecule has 28 heteroatoms. The van der Waals surface area contributed by atoms with Gasteiger partial charge in [-0.2, -0.15) is 0 Å². The highest BCUT2D eigenvalue weighted by Gasteiger charge is 2.33. The topological polar surface area (TPSA) is 450 Å². The van der Waals surface area contributed by atoms with Crippen LogP contribution >= 0.6 is 0 Å². The molecule has 0 spiro atoms. The second-order valence-corrected chi connectivity index (χ2v) is 19.0. The van der Waals surface area contributed by atoms with Crippen molar-refractivity contribution in [2.24, 2.45) is 5.73 Å². The van der Waals surface area contributed by atoms with Crippen LogP contribution < -0.4 is 53.7 Å². The molecule has 0 saturated carbocycles. The maximum absolute atomic E-state index is 13.6. The van der Waals surface area contributed by atoms with E-state index < -0.39 is 126 Å². The van der Waals surface area contributed by atoms with Gasteiger partial charge >= 0.3 is 11.9 Å². The molecule has 0 bridgehead atoms. The smallest absolute Gasteiger partial charge is 0.336 e. The van der Waals surface area contributed by atoms with Crippen LogP contribution in [-0.4, -0.2) is 150 Å². The second kappa shape index (κ2) is 28.2. The van der Waals surface area contributed by atoms with E-state index in [1.165, 1.54) is 102 Å². The number of carbonyl (C=O) groups excluding carboxylic acids is 9. The maximum atomic E-state index is 13.6. The van der Waals surface area contributed by atoms with Crippen LogP contribution in [0.4, 0.5) is 0 Å². The number of aliphatic carboxylic acids is 1. The van der Waals surface area contributed by atoms with Crippen LogP contribution in [0.25, 0.3) is 33.4 Å². The summed E-state index contributed by atoms with van der Waals surface area (Å²) >= 11 is 0. The van der Waals surface area contributed by atoms with Crippen molar-refractivity contribution in [1.82, 2.24) is 52.5 Å². The van der Waals surface area contributed by atoms with Gasteiger partial charge < -0.3 is 78.1 Å². The standard InChI is InChI=1S/C53H63N11O17/c1-24(46(72)59-26(3)48(74)62-38(15-16-42(69)70)51(77)63-39(19-30-22-55-23-57-30)52(78)64-44(27(4)65)45(54)71)58-47(73)25(2)60-50(76)37(61-28(5)66)8-6-7-17-56-49(75)29-9-12-33(53(79)80)36(18-29)43-34-13-10-31(67)20-40(34)81-41-21-32(68)11-14-35(41)43/h9-14,18,20-27,37-39,44,65,67H,6-8,15-17,19H2,1-5H3,(H2,54,71)(H,55,57)(H,56,75)(H,58,73)(H,59,72)(H,60,76)(H,61,66)(H,62,74)(H,63,77)(H,64,78)(H,69,70)(H,79,80)/t24-,25-,26-,27+,37-,38-,39-,44-/m1/s1. The van der Waals surface area contributed by atoms with Gasteiger partial charge in [-0.1, -0.05) is 0 Å². The van der Waals surface area contributed by atoms with Gasteiger partial charge in [-0.05, 0) is 101 Å². The largest absolute Gasteiger partial charge is 0.508 e. The number of phenolic OH excluding ortho intramolecular Hbond substituents is 1. The van der Waals surface area contributed by atoms with Crippen LogP contribution in [0.15, 0.2) is 76.3 Å². The lowest BCUT2D eigenvalue weighted by molar-refractivity contribution is -0.138. The lowest BCUT2D eigenvalue weighted by Gasteiger charge is -2.26. The summed E-state index contributed by atoms with van der Waals surface area (Å²) in [5.41, 5.74) is 6.20. The summed E-state index contributed by atoms with van der Waals surface area (Å²) in [4.78, 5) is 160. The molecule has 15 N–H and O–H groups in total. The number of amides is 9. The summed E-state index contributed by atoms with van der Waals surface area (Å²) in [6.45, 7) is 6.26. The van der Waals surface area contributed by atoms with Crippen LogP contribution in [0, 0.1) is 0 Å². The molecule has 0 fully saturated rings. The number of phenols is 1. The number of nitrogens with two attached hydrogens (primary N) is 1. The molecule has 81 heavy (non-hydrogen) atoms. The molecule has 1 aromatic heterocycles. The number of primary amides is 1. The van der Waals surface area contributed by atoms with Crippen LogP contribution in [-0.2, 0) is 49.6 Å². The number of aliphatic hydroxyl groups excluding tert-OH is 1. The molecule has 432 valence electrons. The SMILES string of the molecule is CC(=O)N[C@H](CCCCNC(=O)c1ccc(C(=O)O)c(-c2c3ccc(=O)cc-3oc3cc(O)ccc23)c1)C(=O)N[C@H](C)C(=O)N[C@H](C)C(=O)N[C@H](C)C(=O)N[C@H](CCC(=O)O)C(=O)N[C@H](Cc1cnc[nH]1)C(=O)N[C@@H](C(N)=O)[C@H](C)O. The van der Waals surface area contributed by atoms with E-state index in [1.54, 1.807) is 0 Å². The average Bonchev–Trinajstić information content (AvgIpc) is 4.09. The maximum Gasteiger partial charge on any atom is 0.336 e. The van der Waals surface area contributed by atoms with Gasteiger partial charge in [0.2, 0.25) is 47.3 Å². The van der Waals surface area contributed by atoms with Crippen molar-refractivity contribution in [3.63, 3.8) is 0 Å². The molecule has 2 aliphatic rings. The summed E-state index contributed by atoms with van der Waals surface area (Å²) in [6.07, 6.45) is 0.456. The predicted octanol–water partition coefficient (Wildman–Crippen LogP) is -0.961. The quantitative estimate of drug-likeness (QED) is 0.0212. The Morgan fingerprint density at radius 2 is 1.28 bits per heavy atom. The number of aromatic carboxylic acids is 1. The Balaban J connectivity index is 1.14. The molecule has 2 heterocycles. The molecule has 0 radical (unpaired) electrons. The number of nitrogens with zero attached hydrogens (tertiary/aromatic N) is 1. The zero-order chi connectivity index (χ0) is 59.8. The van der Waals surface area contributed by atoms with Crippen LogP contribution in [0.1, 0.15) is 93.1 Å². The van der Waals surface area contributed by atoms with Gasteiger partial charge in [0.1, 0.15) is 59.4 Å². The Hall–Kier alpha value is -9.73. The van der Waals surface area contributed by atoms with Gasteiger partial charge in [0.05, 0.1) is 18.0 Å². The number of hydrogen-bond acceptors (Lipinski definition) is 16. The van der Waals surface area contributed by atoms with E-state index in [0.29, 0.717) is 28.6 Å². The Bertz CT molecular complexity index is 3220. The minimum Gasteiger partial charge on any atom is -0.508 e. The fourth-order valence-corrected chi connectivity index (χ4v) is 8.32. The molecule has 1 aliphatic heterocycles. The summed E-state index contributed by atoms with van der Waals surface area (Å²) in [6, 6.07) is 2.41. The average molecular weight is 1130 g/mol. The van der Waals surface area contributed by atoms with E-state index >= 15 is 0 Å². The van der Waals surface area contributed by atoms with Gasteiger partial charge in [-0.15, -0.1) is 0 Å². The number of hydrogen-bond donors (Lipinski definition) is 14. The highest BCUT2D eigenvalue weighted by atomic mass is 16.4. The first-order valence-corrected chi connectivity index (χ1v) is 25.4. The number of aromatic hydroxyl groups is 1. The van der Waals surface area contributed by atoms with Gasteiger partial charge in [0.25, 0.3) is 5.91 Å². The highest BCUT2D eigenvalue weighted by Crippen LogP contribution is 2.42. The monoisotopic (exact) mass is 1130 g/mol. The molecule has 0 unspecified atom stereocenters. The highest BCUT2D eigenvalue weighted by molar-refractivity contribution is 6.09. The van der Waals surface area contributed by atoms with Gasteiger partial charge in [-0.3, -0.25) is 52.7 Å². The number of benzene rings is 3. The molecule has 0 saturated heterocycles. The lowest BCUT2D eigenvalue weighted by atomic mass is 9.89. The minimum absolute atomic E-state index is 0.0486. The number of nitrogens with one attached hydrogen (secondary N) is 9. The number of carbonyl (C=O) groups is 11. The van der Waals surface area contributed by atoms with Crippen molar-refractivity contribution in [3.05, 3.63) is 94.2 Å². The Morgan fingerprint density at radius 1 is 0.679 bits per heavy atom. The van der Waals surface area contributed by atoms with E-state index in [2.05, 4.69) is 52.5 Å². The number of imidazole rings is 1. The van der Waals surface area contributed by atoms with Crippen molar-refractivity contribution in [2.75, 3.05) is 6.54 Å².